The van der Waals surface area contributed by atoms with Gasteiger partial charge in [-0.25, -0.2) is 9.97 Å². The molecule has 3 nitrogen and oxygen atoms in total. The number of benzene rings is 2. The molecule has 3 aromatic rings. The molecule has 0 aliphatic heterocycles. The number of hydrogen-bond acceptors (Lipinski definition) is 3. The second-order valence-corrected chi connectivity index (χ2v) is 5.13. The van der Waals surface area contributed by atoms with Gasteiger partial charge in [-0.2, -0.15) is 0 Å². The van der Waals surface area contributed by atoms with Crippen molar-refractivity contribution in [2.24, 2.45) is 0 Å². The first kappa shape index (κ1) is 13.3. The van der Waals surface area contributed by atoms with Crippen LogP contribution in [0.15, 0.2) is 54.6 Å². The van der Waals surface area contributed by atoms with Crippen molar-refractivity contribution in [1.82, 2.24) is 9.97 Å². The second-order valence-electron chi connectivity index (χ2n) is 5.13. The third-order valence-corrected chi connectivity index (χ3v) is 3.59. The van der Waals surface area contributed by atoms with Gasteiger partial charge in [0.1, 0.15) is 0 Å². The van der Waals surface area contributed by atoms with Crippen LogP contribution < -0.4 is 5.73 Å². The molecule has 1 aromatic heterocycles. The van der Waals surface area contributed by atoms with Gasteiger partial charge in [-0.05, 0) is 31.0 Å². The predicted octanol–water partition coefficient (Wildman–Crippen LogP) is 4.01. The molecule has 3 rings (SSSR count). The molecule has 2 aromatic carbocycles. The molecule has 3 heteroatoms. The van der Waals surface area contributed by atoms with E-state index in [0.717, 1.165) is 22.5 Å². The number of aryl methyl sites for hydroxylation is 2. The van der Waals surface area contributed by atoms with Gasteiger partial charge in [0.15, 0.2) is 0 Å². The Morgan fingerprint density at radius 2 is 1.14 bits per heavy atom. The van der Waals surface area contributed by atoms with Crippen LogP contribution in [0, 0.1) is 13.8 Å². The largest absolute Gasteiger partial charge is 0.368 e. The fraction of sp³-hybridized carbons (Fsp3) is 0.111. The molecule has 104 valence electrons. The molecule has 0 fully saturated rings. The van der Waals surface area contributed by atoms with Crippen molar-refractivity contribution >= 4 is 5.95 Å². The number of rotatable bonds is 2. The molecule has 0 amide bonds. The summed E-state index contributed by atoms with van der Waals surface area (Å²) in [5.41, 5.74) is 12.1. The Morgan fingerprint density at radius 1 is 0.714 bits per heavy atom. The normalized spacial score (nSPS) is 10.6. The fourth-order valence-electron chi connectivity index (χ4n) is 2.46. The van der Waals surface area contributed by atoms with Crippen molar-refractivity contribution in [3.8, 4) is 22.5 Å². The summed E-state index contributed by atoms with van der Waals surface area (Å²) in [5.74, 6) is 0.300. The van der Waals surface area contributed by atoms with Crippen LogP contribution in [0.3, 0.4) is 0 Å². The summed E-state index contributed by atoms with van der Waals surface area (Å²) in [6.45, 7) is 4.14. The van der Waals surface area contributed by atoms with Crippen molar-refractivity contribution in [3.05, 3.63) is 65.7 Å². The number of hydrogen-bond donors (Lipinski definition) is 1. The summed E-state index contributed by atoms with van der Waals surface area (Å²) >= 11 is 0. The van der Waals surface area contributed by atoms with Crippen LogP contribution in [0.25, 0.3) is 22.5 Å². The minimum Gasteiger partial charge on any atom is -0.368 e. The third kappa shape index (κ3) is 2.63. The smallest absolute Gasteiger partial charge is 0.221 e. The molecule has 0 aliphatic rings. The second kappa shape index (κ2) is 5.37. The Labute approximate surface area is 124 Å². The Morgan fingerprint density at radius 3 is 1.57 bits per heavy atom. The monoisotopic (exact) mass is 275 g/mol. The van der Waals surface area contributed by atoms with Crippen LogP contribution in [0.5, 0.6) is 0 Å². The maximum Gasteiger partial charge on any atom is 0.221 e. The van der Waals surface area contributed by atoms with E-state index in [1.54, 1.807) is 0 Å². The Bertz CT molecular complexity index is 730. The van der Waals surface area contributed by atoms with Crippen molar-refractivity contribution < 1.29 is 0 Å². The molecule has 0 aliphatic carbocycles. The molecule has 21 heavy (non-hydrogen) atoms. The highest BCUT2D eigenvalue weighted by Gasteiger charge is 2.09. The van der Waals surface area contributed by atoms with Crippen molar-refractivity contribution in [1.29, 1.82) is 0 Å². The SMILES string of the molecule is Cc1ccccc1-c1cc(-c2ccccc2C)nc(N)n1. The minimum absolute atomic E-state index is 0.300. The molecule has 2 N–H and O–H groups in total. The summed E-state index contributed by atoms with van der Waals surface area (Å²) < 4.78 is 0. The fourth-order valence-corrected chi connectivity index (χ4v) is 2.46. The average molecular weight is 275 g/mol. The molecule has 0 spiro atoms. The lowest BCUT2D eigenvalue weighted by Gasteiger charge is -2.10. The third-order valence-electron chi connectivity index (χ3n) is 3.59. The van der Waals surface area contributed by atoms with Gasteiger partial charge in [0.2, 0.25) is 5.95 Å². The zero-order valence-electron chi connectivity index (χ0n) is 12.2. The van der Waals surface area contributed by atoms with Crippen LogP contribution in [-0.2, 0) is 0 Å². The van der Waals surface area contributed by atoms with Gasteiger partial charge < -0.3 is 5.73 Å². The van der Waals surface area contributed by atoms with Crippen LogP contribution in [0.2, 0.25) is 0 Å². The maximum atomic E-state index is 5.91. The van der Waals surface area contributed by atoms with Crippen LogP contribution in [0.4, 0.5) is 5.95 Å². The molecule has 0 unspecified atom stereocenters. The number of nitrogen functional groups attached to an aromatic ring is 1. The van der Waals surface area contributed by atoms with Crippen LogP contribution in [0.1, 0.15) is 11.1 Å². The average Bonchev–Trinajstić information content (AvgIpc) is 2.47. The van der Waals surface area contributed by atoms with Crippen molar-refractivity contribution in [2.75, 3.05) is 5.73 Å². The summed E-state index contributed by atoms with van der Waals surface area (Å²) in [5, 5.41) is 0. The maximum absolute atomic E-state index is 5.91. The standard InChI is InChI=1S/C18H17N3/c1-12-7-3-5-9-14(12)16-11-17(21-18(19)20-16)15-10-6-4-8-13(15)2/h3-11H,1-2H3,(H2,19,20,21). The molecule has 0 radical (unpaired) electrons. The Kier molecular flexibility index (Phi) is 3.40. The topological polar surface area (TPSA) is 51.8 Å². The van der Waals surface area contributed by atoms with Crippen LogP contribution in [-0.4, -0.2) is 9.97 Å². The highest BCUT2D eigenvalue weighted by Crippen LogP contribution is 2.27. The number of aromatic nitrogens is 2. The van der Waals surface area contributed by atoms with E-state index in [0.29, 0.717) is 5.95 Å². The molecular weight excluding hydrogens is 258 g/mol. The first-order valence-electron chi connectivity index (χ1n) is 6.92. The quantitative estimate of drug-likeness (QED) is 0.768. The van der Waals surface area contributed by atoms with Crippen molar-refractivity contribution in [3.63, 3.8) is 0 Å². The minimum atomic E-state index is 0.300. The van der Waals surface area contributed by atoms with E-state index >= 15 is 0 Å². The van der Waals surface area contributed by atoms with Gasteiger partial charge in [-0.3, -0.25) is 0 Å². The zero-order chi connectivity index (χ0) is 14.8. The molecule has 0 atom stereocenters. The van der Waals surface area contributed by atoms with Gasteiger partial charge in [-0.1, -0.05) is 48.5 Å². The highest BCUT2D eigenvalue weighted by atomic mass is 15.0. The van der Waals surface area contributed by atoms with Gasteiger partial charge in [-0.15, -0.1) is 0 Å². The first-order valence-corrected chi connectivity index (χ1v) is 6.92. The molecule has 1 heterocycles. The number of anilines is 1. The van der Waals surface area contributed by atoms with E-state index in [1.165, 1.54) is 11.1 Å². The van der Waals surface area contributed by atoms with E-state index in [-0.39, 0.29) is 0 Å². The van der Waals surface area contributed by atoms with E-state index in [9.17, 15) is 0 Å². The summed E-state index contributed by atoms with van der Waals surface area (Å²) in [6, 6.07) is 18.3. The summed E-state index contributed by atoms with van der Waals surface area (Å²) in [6.07, 6.45) is 0. The van der Waals surface area contributed by atoms with Gasteiger partial charge in [0.25, 0.3) is 0 Å². The molecular formula is C18H17N3. The number of nitrogens with zero attached hydrogens (tertiary/aromatic N) is 2. The lowest BCUT2D eigenvalue weighted by atomic mass is 10.0. The van der Waals surface area contributed by atoms with Crippen LogP contribution >= 0.6 is 0 Å². The summed E-state index contributed by atoms with van der Waals surface area (Å²) in [4.78, 5) is 8.77. The predicted molar refractivity (Wildman–Crippen MR) is 86.8 cm³/mol. The van der Waals surface area contributed by atoms with E-state index in [4.69, 9.17) is 5.73 Å². The van der Waals surface area contributed by atoms with Crippen molar-refractivity contribution in [2.45, 2.75) is 13.8 Å². The van der Waals surface area contributed by atoms with Gasteiger partial charge >= 0.3 is 0 Å². The van der Waals surface area contributed by atoms with E-state index in [2.05, 4.69) is 48.1 Å². The van der Waals surface area contributed by atoms with Gasteiger partial charge in [0.05, 0.1) is 11.4 Å². The summed E-state index contributed by atoms with van der Waals surface area (Å²) in [7, 11) is 0. The lowest BCUT2D eigenvalue weighted by molar-refractivity contribution is 1.18. The Balaban J connectivity index is 2.18. The zero-order valence-corrected chi connectivity index (χ0v) is 12.2. The molecule has 0 bridgehead atoms. The number of nitrogens with two attached hydrogens (primary N) is 1. The highest BCUT2D eigenvalue weighted by molar-refractivity contribution is 5.72. The lowest BCUT2D eigenvalue weighted by Crippen LogP contribution is -2.00. The Hall–Kier alpha value is -2.68. The van der Waals surface area contributed by atoms with E-state index in [1.807, 2.05) is 30.3 Å². The van der Waals surface area contributed by atoms with E-state index < -0.39 is 0 Å². The molecule has 0 saturated carbocycles. The molecule has 0 saturated heterocycles. The first-order chi connectivity index (χ1) is 10.1. The van der Waals surface area contributed by atoms with Gasteiger partial charge in [0, 0.05) is 11.1 Å².